The van der Waals surface area contributed by atoms with Crippen molar-refractivity contribution in [3.63, 3.8) is 0 Å². The Morgan fingerprint density at radius 2 is 1.13 bits per heavy atom. The molecular formula is C23H42N2O6. The molecule has 0 N–H and O–H groups in total. The van der Waals surface area contributed by atoms with Crippen LogP contribution in [0.3, 0.4) is 0 Å². The molecule has 3 fully saturated rings. The van der Waals surface area contributed by atoms with E-state index in [0.717, 1.165) is 4.90 Å². The fourth-order valence-electron chi connectivity index (χ4n) is 4.15. The van der Waals surface area contributed by atoms with E-state index in [9.17, 15) is 14.4 Å². The Bertz CT molecular complexity index is 605. The van der Waals surface area contributed by atoms with Gasteiger partial charge in [0.1, 0.15) is 11.2 Å². The van der Waals surface area contributed by atoms with E-state index in [0.29, 0.717) is 19.3 Å². The molecule has 3 saturated carbocycles. The summed E-state index contributed by atoms with van der Waals surface area (Å²) in [4.78, 5) is 40.4. The monoisotopic (exact) mass is 442 g/mol. The first-order valence-corrected chi connectivity index (χ1v) is 11.2. The number of carbonyl (C=O) groups excluding carboxylic acids is 3. The number of methoxy groups -OCH3 is 1. The van der Waals surface area contributed by atoms with Crippen LogP contribution in [-0.2, 0) is 19.0 Å². The number of rotatable bonds is 5. The minimum atomic E-state index is -0.741. The molecule has 8 heteroatoms. The van der Waals surface area contributed by atoms with Crippen LogP contribution >= 0.6 is 0 Å². The molecule has 0 unspecified atom stereocenters. The van der Waals surface area contributed by atoms with Gasteiger partial charge in [0.05, 0.1) is 18.1 Å². The molecule has 0 aromatic carbocycles. The topological polar surface area (TPSA) is 85.4 Å². The molecule has 3 aliphatic rings. The van der Waals surface area contributed by atoms with Gasteiger partial charge in [0.15, 0.2) is 0 Å². The van der Waals surface area contributed by atoms with Crippen LogP contribution in [0, 0.1) is 5.41 Å². The van der Waals surface area contributed by atoms with Crippen LogP contribution in [0.2, 0.25) is 0 Å². The summed E-state index contributed by atoms with van der Waals surface area (Å²) in [6, 6.07) is 0. The predicted octanol–water partition coefficient (Wildman–Crippen LogP) is 4.60. The highest BCUT2D eigenvalue weighted by Gasteiger charge is 2.77. The zero-order valence-electron chi connectivity index (χ0n) is 21.1. The molecule has 180 valence electrons. The number of esters is 1. The Kier molecular flexibility index (Phi) is 8.56. The highest BCUT2D eigenvalue weighted by Crippen LogP contribution is 2.70. The van der Waals surface area contributed by atoms with E-state index in [-0.39, 0.29) is 5.97 Å². The summed E-state index contributed by atoms with van der Waals surface area (Å²) in [5, 5.41) is 0. The van der Waals surface area contributed by atoms with Crippen molar-refractivity contribution in [2.75, 3.05) is 26.7 Å². The third-order valence-electron chi connectivity index (χ3n) is 5.59. The summed E-state index contributed by atoms with van der Waals surface area (Å²) in [6.45, 7) is 20.5. The van der Waals surface area contributed by atoms with Gasteiger partial charge in [-0.3, -0.25) is 4.79 Å². The van der Waals surface area contributed by atoms with E-state index in [4.69, 9.17) is 14.2 Å². The van der Waals surface area contributed by atoms with E-state index >= 15 is 0 Å². The van der Waals surface area contributed by atoms with E-state index in [2.05, 4.69) is 25.7 Å². The molecule has 31 heavy (non-hydrogen) atoms. The molecule has 8 nitrogen and oxygen atoms in total. The molecule has 3 rings (SSSR count). The standard InChI is InChI=1S/C17H27NO6.C6H15N/c1-14(2,3)23-12(20)18(13(21)24-15(4,5)6)17-8-16(9-17,10-17)11(19)22-7;1-4-7(5-2)6-3/h8-10H2,1-7H3;4-6H2,1-3H3. The summed E-state index contributed by atoms with van der Waals surface area (Å²) >= 11 is 0. The van der Waals surface area contributed by atoms with E-state index in [1.807, 2.05) is 0 Å². The first kappa shape index (κ1) is 27.2. The SMILES string of the molecule is CCN(CC)CC.COC(=O)C12CC(N(C(=O)OC(C)(C)C)C(=O)OC(C)(C)C)(C1)C2. The van der Waals surface area contributed by atoms with E-state index < -0.39 is 34.3 Å². The van der Waals surface area contributed by atoms with Gasteiger partial charge in [-0.15, -0.1) is 0 Å². The maximum Gasteiger partial charge on any atom is 0.420 e. The predicted molar refractivity (Wildman–Crippen MR) is 119 cm³/mol. The average Bonchev–Trinajstić information content (AvgIpc) is 2.54. The third kappa shape index (κ3) is 6.57. The minimum Gasteiger partial charge on any atom is -0.469 e. The van der Waals surface area contributed by atoms with Gasteiger partial charge in [-0.25, -0.2) is 14.5 Å². The summed E-state index contributed by atoms with van der Waals surface area (Å²) in [6.07, 6.45) is -0.300. The first-order valence-electron chi connectivity index (χ1n) is 11.2. The lowest BCUT2D eigenvalue weighted by Gasteiger charge is -2.70. The molecule has 0 aromatic rings. The Hall–Kier alpha value is -1.83. The smallest absolute Gasteiger partial charge is 0.420 e. The largest absolute Gasteiger partial charge is 0.469 e. The lowest BCUT2D eigenvalue weighted by molar-refractivity contribution is -0.223. The van der Waals surface area contributed by atoms with Crippen LogP contribution in [0.15, 0.2) is 0 Å². The van der Waals surface area contributed by atoms with Crippen LogP contribution < -0.4 is 0 Å². The average molecular weight is 443 g/mol. The minimum absolute atomic E-state index is 0.294. The maximum atomic E-state index is 12.6. The molecule has 0 aromatic heterocycles. The van der Waals surface area contributed by atoms with Crippen molar-refractivity contribution >= 4 is 18.2 Å². The molecule has 2 bridgehead atoms. The molecule has 2 amide bonds. The van der Waals surface area contributed by atoms with Crippen molar-refractivity contribution in [1.29, 1.82) is 0 Å². The van der Waals surface area contributed by atoms with Gasteiger partial charge in [0.2, 0.25) is 0 Å². The van der Waals surface area contributed by atoms with Crippen molar-refractivity contribution in [3.05, 3.63) is 0 Å². The summed E-state index contributed by atoms with van der Waals surface area (Å²) in [7, 11) is 1.34. The van der Waals surface area contributed by atoms with Crippen LogP contribution in [-0.4, -0.2) is 71.4 Å². The van der Waals surface area contributed by atoms with Gasteiger partial charge < -0.3 is 19.1 Å². The summed E-state index contributed by atoms with van der Waals surface area (Å²) in [5.41, 5.74) is -2.75. The normalized spacial score (nSPS) is 24.1. The first-order chi connectivity index (χ1) is 14.1. The number of hydrogen-bond donors (Lipinski definition) is 0. The van der Waals surface area contributed by atoms with Crippen molar-refractivity contribution in [1.82, 2.24) is 9.80 Å². The van der Waals surface area contributed by atoms with Crippen molar-refractivity contribution in [2.24, 2.45) is 5.41 Å². The number of carbonyl (C=O) groups is 3. The van der Waals surface area contributed by atoms with Crippen LogP contribution in [0.25, 0.3) is 0 Å². The Labute approximate surface area is 187 Å². The van der Waals surface area contributed by atoms with Gasteiger partial charge in [-0.2, -0.15) is 0 Å². The van der Waals surface area contributed by atoms with Gasteiger partial charge in [-0.1, -0.05) is 20.8 Å². The number of ether oxygens (including phenoxy) is 3. The molecule has 3 aliphatic carbocycles. The Morgan fingerprint density at radius 1 is 0.774 bits per heavy atom. The second kappa shape index (κ2) is 9.76. The van der Waals surface area contributed by atoms with Crippen molar-refractivity contribution in [3.8, 4) is 0 Å². The highest BCUT2D eigenvalue weighted by molar-refractivity contribution is 5.92. The van der Waals surface area contributed by atoms with Gasteiger partial charge in [-0.05, 0) is 80.4 Å². The maximum absolute atomic E-state index is 12.6. The molecule has 0 atom stereocenters. The van der Waals surface area contributed by atoms with Crippen molar-refractivity contribution < 1.29 is 28.6 Å². The Balaban J connectivity index is 0.000000592. The van der Waals surface area contributed by atoms with Crippen LogP contribution in [0.1, 0.15) is 81.6 Å². The Morgan fingerprint density at radius 3 is 1.35 bits per heavy atom. The van der Waals surface area contributed by atoms with Gasteiger partial charge in [0, 0.05) is 0 Å². The quantitative estimate of drug-likeness (QED) is 0.454. The summed E-state index contributed by atoms with van der Waals surface area (Å²) in [5.74, 6) is -0.294. The van der Waals surface area contributed by atoms with Gasteiger partial charge >= 0.3 is 18.2 Å². The fourth-order valence-corrected chi connectivity index (χ4v) is 4.15. The molecule has 0 spiro atoms. The lowest BCUT2D eigenvalue weighted by Crippen LogP contribution is -2.79. The lowest BCUT2D eigenvalue weighted by atomic mass is 9.39. The zero-order chi connectivity index (χ0) is 24.3. The fraction of sp³-hybridized carbons (Fsp3) is 0.870. The van der Waals surface area contributed by atoms with Crippen LogP contribution in [0.4, 0.5) is 9.59 Å². The molecule has 0 heterocycles. The number of hydrogen-bond acceptors (Lipinski definition) is 7. The van der Waals surface area contributed by atoms with E-state index in [1.54, 1.807) is 41.5 Å². The molecule has 0 saturated heterocycles. The van der Waals surface area contributed by atoms with E-state index in [1.165, 1.54) is 26.7 Å². The second-order valence-corrected chi connectivity index (χ2v) is 10.4. The molecular weight excluding hydrogens is 400 g/mol. The number of amides is 2. The van der Waals surface area contributed by atoms with Crippen LogP contribution in [0.5, 0.6) is 0 Å². The number of imide groups is 1. The zero-order valence-corrected chi connectivity index (χ0v) is 21.1. The number of nitrogens with zero attached hydrogens (tertiary/aromatic N) is 2. The third-order valence-corrected chi connectivity index (χ3v) is 5.59. The highest BCUT2D eigenvalue weighted by atomic mass is 16.6. The molecule has 0 radical (unpaired) electrons. The summed E-state index contributed by atoms with van der Waals surface area (Å²) < 4.78 is 15.6. The second-order valence-electron chi connectivity index (χ2n) is 10.4. The van der Waals surface area contributed by atoms with Gasteiger partial charge in [0.25, 0.3) is 0 Å². The molecule has 0 aliphatic heterocycles. The van der Waals surface area contributed by atoms with Crippen molar-refractivity contribution in [2.45, 2.75) is 98.3 Å².